The molecule has 0 bridgehead atoms. The molecule has 1 aromatic heterocycles. The second-order valence-corrected chi connectivity index (χ2v) is 11.6. The highest BCUT2D eigenvalue weighted by atomic mass is 19.1. The molecule has 2 saturated heterocycles. The number of amides is 2. The summed E-state index contributed by atoms with van der Waals surface area (Å²) < 4.78 is 24.3. The Labute approximate surface area is 257 Å². The van der Waals surface area contributed by atoms with Crippen molar-refractivity contribution in [2.75, 3.05) is 40.4 Å². The van der Waals surface area contributed by atoms with Gasteiger partial charge in [-0.15, -0.1) is 0 Å². The average molecular weight is 603 g/mol. The molecule has 3 aromatic rings. The molecular weight excluding hydrogens is 563 g/mol. The molecule has 0 saturated carbocycles. The number of halogens is 1. The largest absolute Gasteiger partial charge is 0.497 e. The van der Waals surface area contributed by atoms with Gasteiger partial charge in [-0.05, 0) is 79.3 Å². The summed E-state index contributed by atoms with van der Waals surface area (Å²) in [5.41, 5.74) is 2.20. The Hall–Kier alpha value is -4.31. The number of aromatic nitrogens is 1. The van der Waals surface area contributed by atoms with Crippen LogP contribution in [0.3, 0.4) is 0 Å². The van der Waals surface area contributed by atoms with Crippen LogP contribution in [0.2, 0.25) is 0 Å². The Bertz CT molecular complexity index is 1470. The van der Waals surface area contributed by atoms with Gasteiger partial charge >= 0.3 is 0 Å². The standard InChI is InChI=1S/C34H39FN4O5/c1-22-20-38(21-23-4-11-31(44-3)28(35)18-23)15-14-29(22)37-33(41)26-7-10-30(36-19-26)34(42)39-16-12-25(13-17-39)32(40)24-5-8-27(43-2)9-6-24/h4-11,18-19,22,25,29H,12-17,20-21H2,1-3H3,(H,37,41)/t22-,29+/m0/s1. The molecule has 0 spiro atoms. The fraction of sp³-hybridized carbons (Fsp3) is 0.412. The van der Waals surface area contributed by atoms with Crippen molar-refractivity contribution >= 4 is 17.6 Å². The minimum Gasteiger partial charge on any atom is -0.497 e. The fourth-order valence-corrected chi connectivity index (χ4v) is 6.06. The van der Waals surface area contributed by atoms with Gasteiger partial charge in [-0.25, -0.2) is 4.39 Å². The SMILES string of the molecule is COc1ccc(C(=O)C2CCN(C(=O)c3ccc(C(=O)N[C@@H]4CCN(Cc5ccc(OC)c(F)c5)C[C@@H]4C)cn3)CC2)cc1. The van der Waals surface area contributed by atoms with Crippen LogP contribution >= 0.6 is 0 Å². The van der Waals surface area contributed by atoms with Crippen LogP contribution in [-0.4, -0.2) is 78.8 Å². The van der Waals surface area contributed by atoms with E-state index in [0.29, 0.717) is 49.4 Å². The van der Waals surface area contributed by atoms with E-state index in [1.54, 1.807) is 54.5 Å². The number of ketones is 1. The summed E-state index contributed by atoms with van der Waals surface area (Å²) in [5.74, 6) is 0.282. The molecule has 2 amide bonds. The van der Waals surface area contributed by atoms with Crippen molar-refractivity contribution in [2.24, 2.45) is 11.8 Å². The number of piperidine rings is 2. The zero-order valence-electron chi connectivity index (χ0n) is 25.4. The number of hydrogen-bond acceptors (Lipinski definition) is 7. The molecule has 0 aliphatic carbocycles. The van der Waals surface area contributed by atoms with E-state index in [1.165, 1.54) is 19.4 Å². The van der Waals surface area contributed by atoms with E-state index in [0.717, 1.165) is 25.1 Å². The van der Waals surface area contributed by atoms with Crippen LogP contribution in [0.5, 0.6) is 11.5 Å². The molecule has 5 rings (SSSR count). The maximum Gasteiger partial charge on any atom is 0.272 e. The number of hydrogen-bond donors (Lipinski definition) is 1. The summed E-state index contributed by atoms with van der Waals surface area (Å²) in [6.07, 6.45) is 3.39. The lowest BCUT2D eigenvalue weighted by molar-refractivity contribution is 0.0645. The van der Waals surface area contributed by atoms with Crippen LogP contribution in [0.4, 0.5) is 4.39 Å². The number of pyridine rings is 1. The fourth-order valence-electron chi connectivity index (χ4n) is 6.06. The van der Waals surface area contributed by atoms with Gasteiger partial charge < -0.3 is 19.7 Å². The van der Waals surface area contributed by atoms with Crippen molar-refractivity contribution in [1.82, 2.24) is 20.1 Å². The van der Waals surface area contributed by atoms with Gasteiger partial charge in [0.15, 0.2) is 17.3 Å². The summed E-state index contributed by atoms with van der Waals surface area (Å²) >= 11 is 0. The van der Waals surface area contributed by atoms with Crippen molar-refractivity contribution in [1.29, 1.82) is 0 Å². The smallest absolute Gasteiger partial charge is 0.272 e. The maximum absolute atomic E-state index is 14.1. The summed E-state index contributed by atoms with van der Waals surface area (Å²) in [6.45, 7) is 5.21. The monoisotopic (exact) mass is 602 g/mol. The van der Waals surface area contributed by atoms with E-state index in [4.69, 9.17) is 9.47 Å². The van der Waals surface area contributed by atoms with Gasteiger partial charge in [0.1, 0.15) is 11.4 Å². The first-order chi connectivity index (χ1) is 21.2. The molecule has 2 aromatic carbocycles. The Morgan fingerprint density at radius 1 is 0.932 bits per heavy atom. The molecule has 3 heterocycles. The zero-order valence-corrected chi connectivity index (χ0v) is 25.4. The molecule has 232 valence electrons. The van der Waals surface area contributed by atoms with Gasteiger partial charge in [0.25, 0.3) is 11.8 Å². The molecule has 2 atom stereocenters. The van der Waals surface area contributed by atoms with Crippen molar-refractivity contribution in [3.8, 4) is 11.5 Å². The van der Waals surface area contributed by atoms with E-state index < -0.39 is 0 Å². The van der Waals surface area contributed by atoms with E-state index in [1.807, 2.05) is 6.07 Å². The quantitative estimate of drug-likeness (QED) is 0.357. The number of ether oxygens (including phenoxy) is 2. The highest BCUT2D eigenvalue weighted by Gasteiger charge is 2.30. The lowest BCUT2D eigenvalue weighted by atomic mass is 9.88. The predicted octanol–water partition coefficient (Wildman–Crippen LogP) is 4.61. The summed E-state index contributed by atoms with van der Waals surface area (Å²) in [6, 6.07) is 15.3. The number of carbonyl (C=O) groups excluding carboxylic acids is 3. The van der Waals surface area contributed by atoms with Crippen LogP contribution < -0.4 is 14.8 Å². The number of Topliss-reactive ketones (excluding diaryl/α,β-unsaturated/α-hetero) is 1. The Morgan fingerprint density at radius 3 is 2.27 bits per heavy atom. The van der Waals surface area contributed by atoms with Gasteiger partial charge in [-0.2, -0.15) is 0 Å². The normalized spacial score (nSPS) is 19.3. The van der Waals surface area contributed by atoms with Gasteiger partial charge in [0, 0.05) is 56.4 Å². The Morgan fingerprint density at radius 2 is 1.66 bits per heavy atom. The van der Waals surface area contributed by atoms with E-state index in [9.17, 15) is 18.8 Å². The maximum atomic E-state index is 14.1. The second-order valence-electron chi connectivity index (χ2n) is 11.6. The topological polar surface area (TPSA) is 101 Å². The van der Waals surface area contributed by atoms with Crippen LogP contribution in [0.1, 0.15) is 63.0 Å². The summed E-state index contributed by atoms with van der Waals surface area (Å²) in [7, 11) is 3.04. The highest BCUT2D eigenvalue weighted by molar-refractivity contribution is 5.99. The molecule has 10 heteroatoms. The van der Waals surface area contributed by atoms with Gasteiger partial charge in [0.2, 0.25) is 0 Å². The van der Waals surface area contributed by atoms with Crippen molar-refractivity contribution in [2.45, 2.75) is 38.8 Å². The lowest BCUT2D eigenvalue weighted by Gasteiger charge is -2.37. The van der Waals surface area contributed by atoms with E-state index in [-0.39, 0.29) is 52.7 Å². The first kappa shape index (κ1) is 31.1. The molecule has 0 radical (unpaired) electrons. The van der Waals surface area contributed by atoms with Crippen molar-refractivity contribution < 1.29 is 28.2 Å². The molecule has 2 aliphatic rings. The second kappa shape index (κ2) is 14.0. The molecular formula is C34H39FN4O5. The van der Waals surface area contributed by atoms with E-state index in [2.05, 4.69) is 22.1 Å². The van der Waals surface area contributed by atoms with Gasteiger partial charge in [0.05, 0.1) is 19.8 Å². The first-order valence-electron chi connectivity index (χ1n) is 15.0. The minimum absolute atomic E-state index is 0.00502. The molecule has 2 fully saturated rings. The minimum atomic E-state index is -0.372. The number of benzene rings is 2. The van der Waals surface area contributed by atoms with Crippen molar-refractivity contribution in [3.05, 3.63) is 89.0 Å². The number of nitrogens with one attached hydrogen (secondary N) is 1. The molecule has 9 nitrogen and oxygen atoms in total. The third-order valence-electron chi connectivity index (χ3n) is 8.70. The molecule has 44 heavy (non-hydrogen) atoms. The Balaban J connectivity index is 1.09. The third-order valence-corrected chi connectivity index (χ3v) is 8.70. The third kappa shape index (κ3) is 7.24. The molecule has 2 aliphatic heterocycles. The number of methoxy groups -OCH3 is 2. The van der Waals surface area contributed by atoms with Gasteiger partial charge in [-0.3, -0.25) is 24.3 Å². The van der Waals surface area contributed by atoms with Crippen LogP contribution in [0, 0.1) is 17.7 Å². The first-order valence-corrected chi connectivity index (χ1v) is 15.0. The number of likely N-dealkylation sites (tertiary alicyclic amines) is 2. The van der Waals surface area contributed by atoms with Gasteiger partial charge in [-0.1, -0.05) is 13.0 Å². The van der Waals surface area contributed by atoms with Crippen molar-refractivity contribution in [3.63, 3.8) is 0 Å². The number of rotatable bonds is 9. The predicted molar refractivity (Wildman–Crippen MR) is 163 cm³/mol. The highest BCUT2D eigenvalue weighted by Crippen LogP contribution is 2.25. The lowest BCUT2D eigenvalue weighted by Crippen LogP contribution is -2.49. The molecule has 0 unspecified atom stereocenters. The summed E-state index contributed by atoms with van der Waals surface area (Å²) in [4.78, 5) is 47.3. The van der Waals surface area contributed by atoms with Crippen LogP contribution in [0.25, 0.3) is 0 Å². The average Bonchev–Trinajstić information content (AvgIpc) is 3.05. The van der Waals surface area contributed by atoms with Crippen LogP contribution in [0.15, 0.2) is 60.8 Å². The number of nitrogens with zero attached hydrogens (tertiary/aromatic N) is 3. The van der Waals surface area contributed by atoms with E-state index >= 15 is 0 Å². The summed E-state index contributed by atoms with van der Waals surface area (Å²) in [5, 5.41) is 3.12. The number of carbonyl (C=O) groups is 3. The Kier molecular flexibility index (Phi) is 9.89. The zero-order chi connectivity index (χ0) is 31.2. The van der Waals surface area contributed by atoms with Crippen LogP contribution in [-0.2, 0) is 6.54 Å². The molecule has 1 N–H and O–H groups in total.